The van der Waals surface area contributed by atoms with Crippen LogP contribution in [-0.2, 0) is 14.3 Å². The average Bonchev–Trinajstić information content (AvgIpc) is 2.43. The summed E-state index contributed by atoms with van der Waals surface area (Å²) < 4.78 is 4.79. The maximum atomic E-state index is 12.0. The van der Waals surface area contributed by atoms with E-state index in [9.17, 15) is 14.7 Å². The van der Waals surface area contributed by atoms with Crippen molar-refractivity contribution in [1.29, 1.82) is 0 Å². The van der Waals surface area contributed by atoms with Crippen molar-refractivity contribution in [2.45, 2.75) is 64.5 Å². The first-order chi connectivity index (χ1) is 9.45. The van der Waals surface area contributed by atoms with E-state index in [1.807, 2.05) is 13.8 Å². The van der Waals surface area contributed by atoms with Gasteiger partial charge in [0.2, 0.25) is 5.91 Å². The Morgan fingerprint density at radius 1 is 1.25 bits per heavy atom. The minimum Gasteiger partial charge on any atom is -0.467 e. The molecule has 0 spiro atoms. The van der Waals surface area contributed by atoms with Gasteiger partial charge in [-0.1, -0.05) is 33.1 Å². The molecular formula is C15H27NO4. The number of hydrogen-bond acceptors (Lipinski definition) is 4. The lowest BCUT2D eigenvalue weighted by Gasteiger charge is -2.29. The van der Waals surface area contributed by atoms with Crippen molar-refractivity contribution < 1.29 is 19.4 Å². The summed E-state index contributed by atoms with van der Waals surface area (Å²) in [5.41, 5.74) is 0. The van der Waals surface area contributed by atoms with Gasteiger partial charge in [0, 0.05) is 0 Å². The second kappa shape index (κ2) is 8.25. The van der Waals surface area contributed by atoms with Gasteiger partial charge in [0.1, 0.15) is 12.1 Å². The molecule has 2 atom stereocenters. The Kier molecular flexibility index (Phi) is 6.99. The van der Waals surface area contributed by atoms with Gasteiger partial charge in [-0.3, -0.25) is 4.79 Å². The van der Waals surface area contributed by atoms with Gasteiger partial charge in [-0.25, -0.2) is 4.79 Å². The fourth-order valence-corrected chi connectivity index (χ4v) is 2.77. The summed E-state index contributed by atoms with van der Waals surface area (Å²) in [6, 6.07) is -0.630. The summed E-state index contributed by atoms with van der Waals surface area (Å²) in [5, 5.41) is 12.5. The molecule has 0 heterocycles. The standard InChI is InChI=1S/C15H27NO4/c1-10(2)9-12(17)14(18)16-13(15(19)20-3)11-7-5-4-6-8-11/h10-13,17H,4-9H2,1-3H3,(H,16,18)/t12-,13+/m0/s1. The van der Waals surface area contributed by atoms with E-state index in [1.165, 1.54) is 13.5 Å². The molecule has 5 heteroatoms. The van der Waals surface area contributed by atoms with E-state index < -0.39 is 24.0 Å². The van der Waals surface area contributed by atoms with Crippen LogP contribution < -0.4 is 5.32 Å². The van der Waals surface area contributed by atoms with Gasteiger partial charge in [-0.15, -0.1) is 0 Å². The van der Waals surface area contributed by atoms with Crippen LogP contribution in [0.25, 0.3) is 0 Å². The quantitative estimate of drug-likeness (QED) is 0.727. The Labute approximate surface area is 121 Å². The first-order valence-electron chi connectivity index (χ1n) is 7.52. The first kappa shape index (κ1) is 17.0. The number of hydrogen-bond donors (Lipinski definition) is 2. The van der Waals surface area contributed by atoms with Crippen molar-refractivity contribution >= 4 is 11.9 Å². The van der Waals surface area contributed by atoms with E-state index in [1.54, 1.807) is 0 Å². The molecule has 0 aromatic heterocycles. The molecule has 1 aliphatic carbocycles. The summed E-state index contributed by atoms with van der Waals surface area (Å²) in [7, 11) is 1.33. The monoisotopic (exact) mass is 285 g/mol. The van der Waals surface area contributed by atoms with Gasteiger partial charge in [-0.05, 0) is 31.1 Å². The molecule has 1 aliphatic rings. The highest BCUT2D eigenvalue weighted by Crippen LogP contribution is 2.27. The summed E-state index contributed by atoms with van der Waals surface area (Å²) in [6.07, 6.45) is 4.48. The van der Waals surface area contributed by atoms with E-state index >= 15 is 0 Å². The number of aliphatic hydroxyl groups excluding tert-OH is 1. The van der Waals surface area contributed by atoms with Crippen LogP contribution in [0.5, 0.6) is 0 Å². The lowest BCUT2D eigenvalue weighted by Crippen LogP contribution is -2.50. The average molecular weight is 285 g/mol. The van der Waals surface area contributed by atoms with Gasteiger partial charge in [0.25, 0.3) is 0 Å². The molecule has 116 valence electrons. The number of carbonyl (C=O) groups excluding carboxylic acids is 2. The zero-order valence-electron chi connectivity index (χ0n) is 12.7. The van der Waals surface area contributed by atoms with Gasteiger partial charge >= 0.3 is 5.97 Å². The lowest BCUT2D eigenvalue weighted by molar-refractivity contribution is -0.148. The van der Waals surface area contributed by atoms with E-state index in [-0.39, 0.29) is 11.8 Å². The van der Waals surface area contributed by atoms with Crippen molar-refractivity contribution in [1.82, 2.24) is 5.32 Å². The normalized spacial score (nSPS) is 19.4. The van der Waals surface area contributed by atoms with Crippen molar-refractivity contribution in [3.05, 3.63) is 0 Å². The first-order valence-corrected chi connectivity index (χ1v) is 7.52. The number of nitrogens with one attached hydrogen (secondary N) is 1. The fourth-order valence-electron chi connectivity index (χ4n) is 2.77. The Hall–Kier alpha value is -1.10. The minimum absolute atomic E-state index is 0.117. The molecule has 1 saturated carbocycles. The van der Waals surface area contributed by atoms with Crippen LogP contribution in [0.4, 0.5) is 0 Å². The fraction of sp³-hybridized carbons (Fsp3) is 0.867. The summed E-state index contributed by atoms with van der Waals surface area (Å²) in [4.78, 5) is 23.9. The lowest BCUT2D eigenvalue weighted by atomic mass is 9.83. The highest BCUT2D eigenvalue weighted by molar-refractivity contribution is 5.87. The third kappa shape index (κ3) is 5.12. The van der Waals surface area contributed by atoms with Crippen molar-refractivity contribution in [3.63, 3.8) is 0 Å². The van der Waals surface area contributed by atoms with Gasteiger partial charge in [0.05, 0.1) is 7.11 Å². The van der Waals surface area contributed by atoms with E-state index in [0.717, 1.165) is 25.7 Å². The summed E-state index contributed by atoms with van der Waals surface area (Å²) >= 11 is 0. The Balaban J connectivity index is 2.64. The maximum absolute atomic E-state index is 12.0. The predicted octanol–water partition coefficient (Wildman–Crippen LogP) is 1.63. The van der Waals surface area contributed by atoms with Crippen LogP contribution >= 0.6 is 0 Å². The number of ether oxygens (including phenoxy) is 1. The van der Waals surface area contributed by atoms with Crippen LogP contribution in [0.15, 0.2) is 0 Å². The summed E-state index contributed by atoms with van der Waals surface area (Å²) in [5.74, 6) is -0.546. The molecule has 0 radical (unpaired) electrons. The van der Waals surface area contributed by atoms with Crippen molar-refractivity contribution in [2.75, 3.05) is 7.11 Å². The molecule has 1 amide bonds. The number of esters is 1. The van der Waals surface area contributed by atoms with Gasteiger partial charge in [-0.2, -0.15) is 0 Å². The van der Waals surface area contributed by atoms with Crippen LogP contribution in [0.1, 0.15) is 52.4 Å². The largest absolute Gasteiger partial charge is 0.467 e. The molecule has 0 unspecified atom stereocenters. The SMILES string of the molecule is COC(=O)[C@H](NC(=O)[C@@H](O)CC(C)C)C1CCCCC1. The third-order valence-corrected chi connectivity index (χ3v) is 3.87. The maximum Gasteiger partial charge on any atom is 0.328 e. The second-order valence-corrected chi connectivity index (χ2v) is 6.05. The molecule has 1 fully saturated rings. The number of methoxy groups -OCH3 is 1. The van der Waals surface area contributed by atoms with Crippen LogP contribution in [-0.4, -0.2) is 36.2 Å². The van der Waals surface area contributed by atoms with Crippen molar-refractivity contribution in [3.8, 4) is 0 Å². The van der Waals surface area contributed by atoms with E-state index in [2.05, 4.69) is 5.32 Å². The number of amides is 1. The second-order valence-electron chi connectivity index (χ2n) is 6.05. The number of rotatable bonds is 6. The molecule has 1 rings (SSSR count). The Morgan fingerprint density at radius 2 is 1.85 bits per heavy atom. The van der Waals surface area contributed by atoms with Crippen molar-refractivity contribution in [2.24, 2.45) is 11.8 Å². The zero-order valence-corrected chi connectivity index (χ0v) is 12.7. The minimum atomic E-state index is -1.06. The molecule has 0 bridgehead atoms. The smallest absolute Gasteiger partial charge is 0.328 e. The molecular weight excluding hydrogens is 258 g/mol. The molecule has 20 heavy (non-hydrogen) atoms. The van der Waals surface area contributed by atoms with E-state index in [0.29, 0.717) is 6.42 Å². The third-order valence-electron chi connectivity index (χ3n) is 3.87. The number of carbonyl (C=O) groups is 2. The Bertz CT molecular complexity index is 324. The summed E-state index contributed by atoms with van der Waals surface area (Å²) in [6.45, 7) is 3.88. The molecule has 0 saturated heterocycles. The van der Waals surface area contributed by atoms with Gasteiger partial charge in [0.15, 0.2) is 0 Å². The topological polar surface area (TPSA) is 75.6 Å². The molecule has 0 aromatic rings. The molecule has 2 N–H and O–H groups in total. The highest BCUT2D eigenvalue weighted by Gasteiger charge is 2.33. The molecule has 0 aliphatic heterocycles. The van der Waals surface area contributed by atoms with E-state index in [4.69, 9.17) is 4.74 Å². The van der Waals surface area contributed by atoms with Gasteiger partial charge < -0.3 is 15.2 Å². The molecule has 0 aromatic carbocycles. The Morgan fingerprint density at radius 3 is 2.35 bits per heavy atom. The predicted molar refractivity (Wildman–Crippen MR) is 76.0 cm³/mol. The highest BCUT2D eigenvalue weighted by atomic mass is 16.5. The van der Waals surface area contributed by atoms with Crippen LogP contribution in [0.2, 0.25) is 0 Å². The van der Waals surface area contributed by atoms with Crippen LogP contribution in [0.3, 0.4) is 0 Å². The number of aliphatic hydroxyl groups is 1. The van der Waals surface area contributed by atoms with Crippen LogP contribution in [0, 0.1) is 11.8 Å². The molecule has 5 nitrogen and oxygen atoms in total. The zero-order chi connectivity index (χ0) is 15.1.